The second-order valence-electron chi connectivity index (χ2n) is 5.18. The number of pyridine rings is 1. The Hall–Kier alpha value is -1.78. The molecule has 1 heterocycles. The molecular formula is C15H26N4O. The lowest BCUT2D eigenvalue weighted by Crippen LogP contribution is -2.19. The normalized spacial score (nSPS) is 11.9. The number of nitrogen functional groups attached to an aromatic ring is 1. The molecule has 1 aromatic heterocycles. The van der Waals surface area contributed by atoms with Crippen LogP contribution >= 0.6 is 0 Å². The van der Waals surface area contributed by atoms with Crippen LogP contribution in [0.25, 0.3) is 0 Å². The number of unbranched alkanes of at least 4 members (excludes halogenated alkanes) is 1. The standard InChI is InChI=1S/C15H26N4O/c1-3-13-8-14(10-19-15(13)16)18-7-5-4-6-12(2)9-17-11-20/h8,10-12,18H,3-7,9H2,1-2H3,(H2,16,19)(H,17,20). The topological polar surface area (TPSA) is 80.0 Å². The lowest BCUT2D eigenvalue weighted by Gasteiger charge is -2.11. The average Bonchev–Trinajstić information content (AvgIpc) is 2.46. The van der Waals surface area contributed by atoms with Gasteiger partial charge in [-0.3, -0.25) is 4.79 Å². The summed E-state index contributed by atoms with van der Waals surface area (Å²) in [6.07, 6.45) is 6.83. The molecule has 112 valence electrons. The fourth-order valence-corrected chi connectivity index (χ4v) is 2.10. The first-order chi connectivity index (χ1) is 9.67. The van der Waals surface area contributed by atoms with Crippen molar-refractivity contribution in [1.29, 1.82) is 0 Å². The molecule has 0 spiro atoms. The lowest BCUT2D eigenvalue weighted by atomic mass is 10.0. The van der Waals surface area contributed by atoms with Gasteiger partial charge in [0, 0.05) is 13.1 Å². The summed E-state index contributed by atoms with van der Waals surface area (Å²) in [6.45, 7) is 5.93. The number of amides is 1. The SMILES string of the molecule is CCc1cc(NCCCCC(C)CNC=O)cnc1N. The molecule has 5 nitrogen and oxygen atoms in total. The number of nitrogens with two attached hydrogens (primary N) is 1. The molecule has 0 fully saturated rings. The van der Waals surface area contributed by atoms with Gasteiger partial charge >= 0.3 is 0 Å². The second kappa shape index (κ2) is 9.18. The summed E-state index contributed by atoms with van der Waals surface area (Å²) in [6, 6.07) is 2.07. The van der Waals surface area contributed by atoms with Crippen molar-refractivity contribution in [1.82, 2.24) is 10.3 Å². The number of hydrogen-bond donors (Lipinski definition) is 3. The summed E-state index contributed by atoms with van der Waals surface area (Å²) in [5.41, 5.74) is 7.90. The quantitative estimate of drug-likeness (QED) is 0.453. The van der Waals surface area contributed by atoms with E-state index in [0.717, 1.165) is 56.4 Å². The van der Waals surface area contributed by atoms with Gasteiger partial charge in [0.25, 0.3) is 0 Å². The number of aromatic nitrogens is 1. The van der Waals surface area contributed by atoms with Crippen LogP contribution in [0.15, 0.2) is 12.3 Å². The molecule has 0 saturated carbocycles. The largest absolute Gasteiger partial charge is 0.384 e. The van der Waals surface area contributed by atoms with E-state index in [4.69, 9.17) is 5.73 Å². The van der Waals surface area contributed by atoms with E-state index in [1.54, 1.807) is 6.20 Å². The highest BCUT2D eigenvalue weighted by Crippen LogP contribution is 2.15. The molecule has 4 N–H and O–H groups in total. The average molecular weight is 278 g/mol. The summed E-state index contributed by atoms with van der Waals surface area (Å²) in [5.74, 6) is 1.15. The summed E-state index contributed by atoms with van der Waals surface area (Å²) < 4.78 is 0. The summed E-state index contributed by atoms with van der Waals surface area (Å²) in [7, 11) is 0. The molecule has 0 aromatic carbocycles. The van der Waals surface area contributed by atoms with Gasteiger partial charge in [0.2, 0.25) is 6.41 Å². The lowest BCUT2D eigenvalue weighted by molar-refractivity contribution is -0.109. The first-order valence-electron chi connectivity index (χ1n) is 7.32. The highest BCUT2D eigenvalue weighted by atomic mass is 16.1. The zero-order valence-corrected chi connectivity index (χ0v) is 12.5. The molecule has 1 aromatic rings. The van der Waals surface area contributed by atoms with Crippen LogP contribution in [0, 0.1) is 5.92 Å². The first-order valence-corrected chi connectivity index (χ1v) is 7.32. The van der Waals surface area contributed by atoms with Crippen molar-refractivity contribution in [3.05, 3.63) is 17.8 Å². The van der Waals surface area contributed by atoms with Crippen molar-refractivity contribution < 1.29 is 4.79 Å². The van der Waals surface area contributed by atoms with Gasteiger partial charge in [0.1, 0.15) is 5.82 Å². The summed E-state index contributed by atoms with van der Waals surface area (Å²) in [5, 5.41) is 6.09. The van der Waals surface area contributed by atoms with Crippen LogP contribution in [0.4, 0.5) is 11.5 Å². The Kier molecular flexibility index (Phi) is 7.47. The minimum atomic E-state index is 0.532. The Bertz CT molecular complexity index is 409. The molecule has 5 heteroatoms. The van der Waals surface area contributed by atoms with E-state index in [0.29, 0.717) is 11.7 Å². The molecule has 0 radical (unpaired) electrons. The van der Waals surface area contributed by atoms with E-state index in [9.17, 15) is 4.79 Å². The van der Waals surface area contributed by atoms with Crippen molar-refractivity contribution >= 4 is 17.9 Å². The zero-order chi connectivity index (χ0) is 14.8. The van der Waals surface area contributed by atoms with Gasteiger partial charge in [-0.15, -0.1) is 0 Å². The fraction of sp³-hybridized carbons (Fsp3) is 0.600. The van der Waals surface area contributed by atoms with Crippen LogP contribution in [-0.4, -0.2) is 24.5 Å². The van der Waals surface area contributed by atoms with Crippen molar-refractivity contribution in [2.75, 3.05) is 24.1 Å². The molecule has 1 rings (SSSR count). The fourth-order valence-electron chi connectivity index (χ4n) is 2.10. The maximum Gasteiger partial charge on any atom is 0.207 e. The maximum atomic E-state index is 10.2. The monoisotopic (exact) mass is 278 g/mol. The van der Waals surface area contributed by atoms with Crippen LogP contribution in [0.5, 0.6) is 0 Å². The number of nitrogens with zero attached hydrogens (tertiary/aromatic N) is 1. The molecule has 1 unspecified atom stereocenters. The van der Waals surface area contributed by atoms with E-state index in [1.807, 2.05) is 0 Å². The van der Waals surface area contributed by atoms with Crippen LogP contribution in [0.2, 0.25) is 0 Å². The van der Waals surface area contributed by atoms with Gasteiger partial charge in [-0.1, -0.05) is 20.3 Å². The Morgan fingerprint density at radius 3 is 2.95 bits per heavy atom. The number of carbonyl (C=O) groups is 1. The van der Waals surface area contributed by atoms with Gasteiger partial charge in [0.15, 0.2) is 0 Å². The predicted octanol–water partition coefficient (Wildman–Crippen LogP) is 2.19. The van der Waals surface area contributed by atoms with Crippen LogP contribution in [0.3, 0.4) is 0 Å². The minimum Gasteiger partial charge on any atom is -0.384 e. The van der Waals surface area contributed by atoms with E-state index in [-0.39, 0.29) is 0 Å². The smallest absolute Gasteiger partial charge is 0.207 e. The van der Waals surface area contributed by atoms with Crippen molar-refractivity contribution in [2.45, 2.75) is 39.5 Å². The van der Waals surface area contributed by atoms with E-state index >= 15 is 0 Å². The third-order valence-corrected chi connectivity index (χ3v) is 3.38. The Labute approximate surface area is 121 Å². The second-order valence-corrected chi connectivity index (χ2v) is 5.18. The minimum absolute atomic E-state index is 0.532. The predicted molar refractivity (Wildman–Crippen MR) is 83.6 cm³/mol. The van der Waals surface area contributed by atoms with E-state index in [1.165, 1.54) is 0 Å². The molecule has 0 bridgehead atoms. The van der Waals surface area contributed by atoms with Gasteiger partial charge < -0.3 is 16.4 Å². The molecular weight excluding hydrogens is 252 g/mol. The van der Waals surface area contributed by atoms with Crippen molar-refractivity contribution in [3.63, 3.8) is 0 Å². The van der Waals surface area contributed by atoms with Gasteiger partial charge in [-0.25, -0.2) is 4.98 Å². The van der Waals surface area contributed by atoms with Gasteiger partial charge in [-0.05, 0) is 36.8 Å². The maximum absolute atomic E-state index is 10.2. The molecule has 20 heavy (non-hydrogen) atoms. The number of nitrogens with one attached hydrogen (secondary N) is 2. The third-order valence-electron chi connectivity index (χ3n) is 3.38. The summed E-state index contributed by atoms with van der Waals surface area (Å²) in [4.78, 5) is 14.4. The molecule has 1 amide bonds. The zero-order valence-electron chi connectivity index (χ0n) is 12.5. The number of hydrogen-bond acceptors (Lipinski definition) is 4. The number of rotatable bonds is 10. The molecule has 0 aliphatic rings. The molecule has 1 atom stereocenters. The Balaban J connectivity index is 2.19. The summed E-state index contributed by atoms with van der Waals surface area (Å²) >= 11 is 0. The molecule has 0 aliphatic carbocycles. The van der Waals surface area contributed by atoms with E-state index < -0.39 is 0 Å². The molecule has 0 aliphatic heterocycles. The van der Waals surface area contributed by atoms with Crippen molar-refractivity contribution in [3.8, 4) is 0 Å². The number of carbonyl (C=O) groups excluding carboxylic acids is 1. The highest BCUT2D eigenvalue weighted by molar-refractivity contribution is 5.51. The third kappa shape index (κ3) is 5.91. The first kappa shape index (κ1) is 16.3. The van der Waals surface area contributed by atoms with Crippen molar-refractivity contribution in [2.24, 2.45) is 5.92 Å². The Morgan fingerprint density at radius 2 is 2.25 bits per heavy atom. The van der Waals surface area contributed by atoms with Crippen LogP contribution in [0.1, 0.15) is 38.7 Å². The van der Waals surface area contributed by atoms with Crippen LogP contribution < -0.4 is 16.4 Å². The molecule has 0 saturated heterocycles. The number of anilines is 2. The van der Waals surface area contributed by atoms with Crippen LogP contribution in [-0.2, 0) is 11.2 Å². The van der Waals surface area contributed by atoms with Gasteiger partial charge in [-0.2, -0.15) is 0 Å². The van der Waals surface area contributed by atoms with E-state index in [2.05, 4.69) is 35.5 Å². The van der Waals surface area contributed by atoms with Gasteiger partial charge in [0.05, 0.1) is 11.9 Å². The highest BCUT2D eigenvalue weighted by Gasteiger charge is 2.02. The number of aryl methyl sites for hydroxylation is 1. The Morgan fingerprint density at radius 1 is 1.45 bits per heavy atom.